The van der Waals surface area contributed by atoms with Crippen LogP contribution in [0.1, 0.15) is 36.2 Å². The van der Waals surface area contributed by atoms with Crippen molar-refractivity contribution in [1.82, 2.24) is 4.98 Å². The fourth-order valence-electron chi connectivity index (χ4n) is 2.63. The zero-order chi connectivity index (χ0) is 13.3. The van der Waals surface area contributed by atoms with Crippen LogP contribution in [-0.2, 0) is 6.42 Å². The molecule has 1 aromatic carbocycles. The Bertz CT molecular complexity index is 585. The normalized spacial score (nSPS) is 10.9. The van der Waals surface area contributed by atoms with Crippen molar-refractivity contribution in [3.8, 4) is 0 Å². The second-order valence-corrected chi connectivity index (χ2v) is 4.86. The molecule has 2 nitrogen and oxygen atoms in total. The summed E-state index contributed by atoms with van der Waals surface area (Å²) in [5, 5.41) is 4.83. The zero-order valence-electron chi connectivity index (χ0n) is 12.0. The van der Waals surface area contributed by atoms with Crippen LogP contribution in [0.3, 0.4) is 0 Å². The Labute approximate surface area is 109 Å². The van der Waals surface area contributed by atoms with Crippen LogP contribution in [0.15, 0.2) is 12.1 Å². The monoisotopic (exact) mass is 242 g/mol. The van der Waals surface area contributed by atoms with Gasteiger partial charge in [-0.15, -0.1) is 0 Å². The molecule has 0 fully saturated rings. The predicted molar refractivity (Wildman–Crippen MR) is 79.5 cm³/mol. The summed E-state index contributed by atoms with van der Waals surface area (Å²) in [6, 6.07) is 4.35. The Hall–Kier alpha value is -1.57. The van der Waals surface area contributed by atoms with Gasteiger partial charge in [-0.3, -0.25) is 4.98 Å². The number of aryl methyl sites for hydroxylation is 3. The fraction of sp³-hybridized carbons (Fsp3) is 0.438. The van der Waals surface area contributed by atoms with Crippen LogP contribution in [0.4, 0.5) is 5.69 Å². The van der Waals surface area contributed by atoms with Gasteiger partial charge in [-0.25, -0.2) is 0 Å². The first-order chi connectivity index (χ1) is 8.60. The molecule has 1 N–H and O–H groups in total. The molecule has 2 heteroatoms. The van der Waals surface area contributed by atoms with Gasteiger partial charge in [-0.1, -0.05) is 19.1 Å². The van der Waals surface area contributed by atoms with Crippen molar-refractivity contribution in [2.24, 2.45) is 0 Å². The molecule has 96 valence electrons. The summed E-state index contributed by atoms with van der Waals surface area (Å²) in [4.78, 5) is 4.81. The van der Waals surface area contributed by atoms with Gasteiger partial charge >= 0.3 is 0 Å². The number of rotatable bonds is 3. The van der Waals surface area contributed by atoms with E-state index in [2.05, 4.69) is 52.1 Å². The predicted octanol–water partition coefficient (Wildman–Crippen LogP) is 4.15. The summed E-state index contributed by atoms with van der Waals surface area (Å²) in [6.07, 6.45) is 1.02. The molecule has 0 amide bonds. The molecule has 0 aliphatic carbocycles. The van der Waals surface area contributed by atoms with Crippen molar-refractivity contribution >= 4 is 16.6 Å². The highest BCUT2D eigenvalue weighted by Crippen LogP contribution is 2.32. The topological polar surface area (TPSA) is 24.9 Å². The van der Waals surface area contributed by atoms with Crippen molar-refractivity contribution < 1.29 is 0 Å². The van der Waals surface area contributed by atoms with E-state index in [0.717, 1.165) is 24.2 Å². The molecule has 1 heterocycles. The first-order valence-corrected chi connectivity index (χ1v) is 6.73. The van der Waals surface area contributed by atoms with Gasteiger partial charge in [0.05, 0.1) is 5.52 Å². The van der Waals surface area contributed by atoms with Crippen LogP contribution in [-0.4, -0.2) is 11.5 Å². The van der Waals surface area contributed by atoms with E-state index in [0.29, 0.717) is 0 Å². The maximum absolute atomic E-state index is 4.81. The summed E-state index contributed by atoms with van der Waals surface area (Å²) >= 11 is 0. The first-order valence-electron chi connectivity index (χ1n) is 6.73. The third kappa shape index (κ3) is 1.96. The molecule has 0 saturated heterocycles. The van der Waals surface area contributed by atoms with E-state index < -0.39 is 0 Å². The number of hydrogen-bond donors (Lipinski definition) is 1. The molecule has 1 aromatic heterocycles. The van der Waals surface area contributed by atoms with Gasteiger partial charge in [0.1, 0.15) is 0 Å². The third-order valence-corrected chi connectivity index (χ3v) is 3.56. The molecule has 2 rings (SSSR count). The van der Waals surface area contributed by atoms with Crippen molar-refractivity contribution in [2.45, 2.75) is 41.0 Å². The Morgan fingerprint density at radius 1 is 1.06 bits per heavy atom. The lowest BCUT2D eigenvalue weighted by atomic mass is 9.98. The lowest BCUT2D eigenvalue weighted by Gasteiger charge is -2.17. The van der Waals surface area contributed by atoms with Gasteiger partial charge in [0.15, 0.2) is 0 Å². The quantitative estimate of drug-likeness (QED) is 0.874. The number of anilines is 1. The second kappa shape index (κ2) is 4.97. The van der Waals surface area contributed by atoms with Gasteiger partial charge in [0, 0.05) is 23.3 Å². The summed E-state index contributed by atoms with van der Waals surface area (Å²) in [5.74, 6) is 0. The number of hydrogen-bond acceptors (Lipinski definition) is 2. The van der Waals surface area contributed by atoms with E-state index in [1.54, 1.807) is 0 Å². The van der Waals surface area contributed by atoms with E-state index in [1.807, 2.05) is 0 Å². The van der Waals surface area contributed by atoms with Crippen LogP contribution < -0.4 is 5.32 Å². The molecule has 18 heavy (non-hydrogen) atoms. The Kier molecular flexibility index (Phi) is 3.55. The number of nitrogens with one attached hydrogen (secondary N) is 1. The number of pyridine rings is 1. The molecule has 0 radical (unpaired) electrons. The minimum Gasteiger partial charge on any atom is -0.384 e. The molecular formula is C16H22N2. The minimum absolute atomic E-state index is 0.943. The summed E-state index contributed by atoms with van der Waals surface area (Å²) in [6.45, 7) is 11.7. The van der Waals surface area contributed by atoms with Crippen LogP contribution in [0, 0.1) is 20.8 Å². The van der Waals surface area contributed by atoms with E-state index in [4.69, 9.17) is 4.98 Å². The Balaban J connectivity index is 2.91. The van der Waals surface area contributed by atoms with Gasteiger partial charge < -0.3 is 5.32 Å². The summed E-state index contributed by atoms with van der Waals surface area (Å²) in [5.41, 5.74) is 7.46. The molecule has 0 aliphatic heterocycles. The van der Waals surface area contributed by atoms with Crippen LogP contribution in [0.5, 0.6) is 0 Å². The molecule has 0 saturated carbocycles. The van der Waals surface area contributed by atoms with Crippen LogP contribution >= 0.6 is 0 Å². The molecule has 2 aromatic rings. The number of fused-ring (bicyclic) bond motifs is 1. The second-order valence-electron chi connectivity index (χ2n) is 4.86. The Morgan fingerprint density at radius 3 is 2.33 bits per heavy atom. The smallest absolute Gasteiger partial charge is 0.0757 e. The zero-order valence-corrected chi connectivity index (χ0v) is 12.0. The average molecular weight is 242 g/mol. The Morgan fingerprint density at radius 2 is 1.72 bits per heavy atom. The minimum atomic E-state index is 0.943. The van der Waals surface area contributed by atoms with E-state index >= 15 is 0 Å². The number of nitrogens with zero attached hydrogens (tertiary/aromatic N) is 1. The molecule has 0 aliphatic rings. The maximum atomic E-state index is 4.81. The number of aromatic nitrogens is 1. The van der Waals surface area contributed by atoms with Crippen molar-refractivity contribution in [3.05, 3.63) is 34.5 Å². The molecule has 0 unspecified atom stereocenters. The molecular weight excluding hydrogens is 220 g/mol. The van der Waals surface area contributed by atoms with E-state index in [-0.39, 0.29) is 0 Å². The van der Waals surface area contributed by atoms with Crippen LogP contribution in [0.25, 0.3) is 10.9 Å². The van der Waals surface area contributed by atoms with E-state index in [1.165, 1.54) is 27.8 Å². The van der Waals surface area contributed by atoms with Gasteiger partial charge in [0.25, 0.3) is 0 Å². The van der Waals surface area contributed by atoms with Gasteiger partial charge in [-0.05, 0) is 50.8 Å². The number of benzene rings is 1. The maximum Gasteiger partial charge on any atom is 0.0757 e. The van der Waals surface area contributed by atoms with E-state index in [9.17, 15) is 0 Å². The van der Waals surface area contributed by atoms with Crippen molar-refractivity contribution in [1.29, 1.82) is 0 Å². The lowest BCUT2D eigenvalue weighted by molar-refractivity contribution is 1.05. The summed E-state index contributed by atoms with van der Waals surface area (Å²) in [7, 11) is 0. The van der Waals surface area contributed by atoms with Crippen molar-refractivity contribution in [3.63, 3.8) is 0 Å². The highest BCUT2D eigenvalue weighted by Gasteiger charge is 2.13. The molecule has 0 spiro atoms. The third-order valence-electron chi connectivity index (χ3n) is 3.56. The first kappa shape index (κ1) is 12.9. The fourth-order valence-corrected chi connectivity index (χ4v) is 2.63. The van der Waals surface area contributed by atoms with Crippen molar-refractivity contribution in [2.75, 3.05) is 11.9 Å². The highest BCUT2D eigenvalue weighted by molar-refractivity contribution is 5.97. The molecule has 0 bridgehead atoms. The standard InChI is InChI=1S/C16H22N2/c1-6-13-12(5)18-15-11(4)9-8-10(3)14(15)16(13)17-7-2/h8-9H,6-7H2,1-5H3,(H,17,18). The molecule has 0 atom stereocenters. The lowest BCUT2D eigenvalue weighted by Crippen LogP contribution is -2.06. The average Bonchev–Trinajstić information content (AvgIpc) is 2.34. The largest absolute Gasteiger partial charge is 0.384 e. The van der Waals surface area contributed by atoms with Crippen LogP contribution in [0.2, 0.25) is 0 Å². The van der Waals surface area contributed by atoms with Gasteiger partial charge in [-0.2, -0.15) is 0 Å². The highest BCUT2D eigenvalue weighted by atomic mass is 14.9. The van der Waals surface area contributed by atoms with Gasteiger partial charge in [0.2, 0.25) is 0 Å². The summed E-state index contributed by atoms with van der Waals surface area (Å²) < 4.78 is 0. The SMILES string of the molecule is CCNc1c(CC)c(C)nc2c(C)ccc(C)c12.